The SMILES string of the molecule is [B]C(CC)(CC)c1ccc(C)c(F)c1. The van der Waals surface area contributed by atoms with Crippen molar-refractivity contribution in [1.29, 1.82) is 0 Å². The molecule has 1 rings (SSSR count). The summed E-state index contributed by atoms with van der Waals surface area (Å²) in [5.41, 5.74) is 1.56. The molecule has 0 aliphatic rings. The number of hydrogen-bond acceptors (Lipinski definition) is 0. The van der Waals surface area contributed by atoms with Crippen LogP contribution < -0.4 is 0 Å². The van der Waals surface area contributed by atoms with Crippen LogP contribution in [0, 0.1) is 12.7 Å². The van der Waals surface area contributed by atoms with E-state index in [9.17, 15) is 4.39 Å². The molecule has 2 radical (unpaired) electrons. The summed E-state index contributed by atoms with van der Waals surface area (Å²) in [5, 5.41) is -0.380. The fourth-order valence-electron chi connectivity index (χ4n) is 1.56. The molecule has 0 fully saturated rings. The lowest BCUT2D eigenvalue weighted by atomic mass is 9.61. The Hall–Kier alpha value is -0.785. The number of hydrogen-bond donors (Lipinski definition) is 0. The number of benzene rings is 1. The third-order valence-corrected chi connectivity index (χ3v) is 3.01. The van der Waals surface area contributed by atoms with E-state index in [1.54, 1.807) is 19.1 Å². The summed E-state index contributed by atoms with van der Waals surface area (Å²) in [6.07, 6.45) is 1.65. The molecule has 0 saturated heterocycles. The van der Waals surface area contributed by atoms with Crippen LogP contribution in [-0.2, 0) is 5.31 Å². The van der Waals surface area contributed by atoms with Crippen LogP contribution in [0.1, 0.15) is 37.8 Å². The molecular weight excluding hydrogens is 174 g/mol. The summed E-state index contributed by atoms with van der Waals surface area (Å²) in [7, 11) is 6.17. The third kappa shape index (κ3) is 2.00. The molecular formula is C12H16BF. The van der Waals surface area contributed by atoms with Gasteiger partial charge in [-0.15, -0.1) is 0 Å². The van der Waals surface area contributed by atoms with Gasteiger partial charge in [0.1, 0.15) is 5.82 Å². The van der Waals surface area contributed by atoms with Crippen molar-refractivity contribution in [3.8, 4) is 0 Å². The molecule has 74 valence electrons. The molecule has 0 unspecified atom stereocenters. The topological polar surface area (TPSA) is 0 Å². The lowest BCUT2D eigenvalue weighted by Gasteiger charge is -2.28. The number of rotatable bonds is 3. The van der Waals surface area contributed by atoms with Crippen LogP contribution in [0.4, 0.5) is 4.39 Å². The largest absolute Gasteiger partial charge is 0.207 e. The molecule has 14 heavy (non-hydrogen) atoms. The first-order valence-electron chi connectivity index (χ1n) is 5.09. The molecule has 0 amide bonds. The molecule has 0 spiro atoms. The molecule has 1 aromatic carbocycles. The van der Waals surface area contributed by atoms with Gasteiger partial charge in [-0.25, -0.2) is 4.39 Å². The number of aryl methyl sites for hydroxylation is 1. The van der Waals surface area contributed by atoms with Crippen molar-refractivity contribution in [3.63, 3.8) is 0 Å². The van der Waals surface area contributed by atoms with Gasteiger partial charge in [0.25, 0.3) is 0 Å². The van der Waals surface area contributed by atoms with Gasteiger partial charge in [-0.2, -0.15) is 0 Å². The quantitative estimate of drug-likeness (QED) is 0.641. The van der Waals surface area contributed by atoms with Crippen molar-refractivity contribution in [2.24, 2.45) is 0 Å². The predicted octanol–water partition coefficient (Wildman–Crippen LogP) is 3.32. The minimum absolute atomic E-state index is 0.167. The molecule has 0 aromatic heterocycles. The van der Waals surface area contributed by atoms with E-state index in [0.717, 1.165) is 18.4 Å². The molecule has 0 saturated carbocycles. The van der Waals surface area contributed by atoms with Crippen LogP contribution >= 0.6 is 0 Å². The highest BCUT2D eigenvalue weighted by Gasteiger charge is 2.22. The van der Waals surface area contributed by atoms with Gasteiger partial charge >= 0.3 is 0 Å². The zero-order valence-corrected chi connectivity index (χ0v) is 9.10. The fraction of sp³-hybridized carbons (Fsp3) is 0.500. The van der Waals surface area contributed by atoms with Gasteiger partial charge in [0.2, 0.25) is 0 Å². The second kappa shape index (κ2) is 4.16. The van der Waals surface area contributed by atoms with Gasteiger partial charge in [0.05, 0.1) is 7.85 Å². The number of halogens is 1. The molecule has 0 atom stereocenters. The fourth-order valence-corrected chi connectivity index (χ4v) is 1.56. The Morgan fingerprint density at radius 1 is 1.29 bits per heavy atom. The maximum Gasteiger partial charge on any atom is 0.126 e. The van der Waals surface area contributed by atoms with Crippen LogP contribution in [0.2, 0.25) is 0 Å². The maximum atomic E-state index is 13.3. The Bertz CT molecular complexity index is 316. The second-order valence-corrected chi connectivity index (χ2v) is 3.83. The van der Waals surface area contributed by atoms with Crippen LogP contribution in [-0.4, -0.2) is 7.85 Å². The van der Waals surface area contributed by atoms with Gasteiger partial charge in [-0.3, -0.25) is 0 Å². The van der Waals surface area contributed by atoms with Crippen molar-refractivity contribution in [2.75, 3.05) is 0 Å². The zero-order valence-electron chi connectivity index (χ0n) is 9.10. The van der Waals surface area contributed by atoms with Crippen molar-refractivity contribution in [2.45, 2.75) is 38.9 Å². The second-order valence-electron chi connectivity index (χ2n) is 3.83. The Morgan fingerprint density at radius 3 is 2.29 bits per heavy atom. The van der Waals surface area contributed by atoms with E-state index < -0.39 is 0 Å². The van der Waals surface area contributed by atoms with Gasteiger partial charge in [-0.05, 0) is 29.4 Å². The molecule has 0 bridgehead atoms. The lowest BCUT2D eigenvalue weighted by molar-refractivity contribution is 0.553. The summed E-state index contributed by atoms with van der Waals surface area (Å²) in [4.78, 5) is 0. The molecule has 0 heterocycles. The molecule has 2 heteroatoms. The first-order valence-corrected chi connectivity index (χ1v) is 5.09. The van der Waals surface area contributed by atoms with E-state index in [4.69, 9.17) is 7.85 Å². The van der Waals surface area contributed by atoms with Crippen molar-refractivity contribution < 1.29 is 4.39 Å². The van der Waals surface area contributed by atoms with Crippen LogP contribution in [0.3, 0.4) is 0 Å². The zero-order chi connectivity index (χ0) is 10.8. The molecule has 0 aliphatic carbocycles. The minimum atomic E-state index is -0.380. The Labute approximate surface area is 86.9 Å². The summed E-state index contributed by atoms with van der Waals surface area (Å²) < 4.78 is 13.3. The maximum absolute atomic E-state index is 13.3. The van der Waals surface area contributed by atoms with E-state index in [1.165, 1.54) is 0 Å². The van der Waals surface area contributed by atoms with E-state index in [2.05, 4.69) is 0 Å². The molecule has 0 aliphatic heterocycles. The summed E-state index contributed by atoms with van der Waals surface area (Å²) in [6.45, 7) is 5.82. The molecule has 0 nitrogen and oxygen atoms in total. The summed E-state index contributed by atoms with van der Waals surface area (Å²) >= 11 is 0. The highest BCUT2D eigenvalue weighted by molar-refractivity contribution is 6.15. The standard InChI is InChI=1S/C12H16BF/c1-4-12(13,5-2)10-7-6-9(3)11(14)8-10/h6-8H,4-5H2,1-3H3. The van der Waals surface area contributed by atoms with E-state index in [-0.39, 0.29) is 11.1 Å². The predicted molar refractivity (Wildman–Crippen MR) is 59.2 cm³/mol. The van der Waals surface area contributed by atoms with E-state index in [1.807, 2.05) is 19.9 Å². The Morgan fingerprint density at radius 2 is 1.86 bits per heavy atom. The Kier molecular flexibility index (Phi) is 3.36. The highest BCUT2D eigenvalue weighted by Crippen LogP contribution is 2.28. The van der Waals surface area contributed by atoms with Gasteiger partial charge in [0, 0.05) is 0 Å². The van der Waals surface area contributed by atoms with Crippen LogP contribution in [0.25, 0.3) is 0 Å². The first kappa shape index (κ1) is 11.3. The molecule has 0 N–H and O–H groups in total. The van der Waals surface area contributed by atoms with Gasteiger partial charge in [-0.1, -0.05) is 38.8 Å². The van der Waals surface area contributed by atoms with E-state index in [0.29, 0.717) is 5.56 Å². The summed E-state index contributed by atoms with van der Waals surface area (Å²) in [5.74, 6) is -0.167. The monoisotopic (exact) mass is 190 g/mol. The average molecular weight is 190 g/mol. The van der Waals surface area contributed by atoms with Gasteiger partial charge < -0.3 is 0 Å². The minimum Gasteiger partial charge on any atom is -0.207 e. The van der Waals surface area contributed by atoms with Crippen LogP contribution in [0.5, 0.6) is 0 Å². The van der Waals surface area contributed by atoms with E-state index >= 15 is 0 Å². The van der Waals surface area contributed by atoms with Gasteiger partial charge in [0.15, 0.2) is 0 Å². The Balaban J connectivity index is 3.12. The smallest absolute Gasteiger partial charge is 0.126 e. The van der Waals surface area contributed by atoms with Crippen molar-refractivity contribution >= 4 is 7.85 Å². The summed E-state index contributed by atoms with van der Waals surface area (Å²) in [6, 6.07) is 5.27. The van der Waals surface area contributed by atoms with Crippen molar-refractivity contribution in [1.82, 2.24) is 0 Å². The third-order valence-electron chi connectivity index (χ3n) is 3.01. The molecule has 1 aromatic rings. The first-order chi connectivity index (χ1) is 6.53. The average Bonchev–Trinajstić information content (AvgIpc) is 2.21. The van der Waals surface area contributed by atoms with Crippen LogP contribution in [0.15, 0.2) is 18.2 Å². The van der Waals surface area contributed by atoms with Crippen molar-refractivity contribution in [3.05, 3.63) is 35.1 Å². The normalized spacial score (nSPS) is 11.7. The highest BCUT2D eigenvalue weighted by atomic mass is 19.1. The lowest BCUT2D eigenvalue weighted by Crippen LogP contribution is -2.24.